The summed E-state index contributed by atoms with van der Waals surface area (Å²) in [5.41, 5.74) is -0.460. The second-order valence-corrected chi connectivity index (χ2v) is 7.61. The van der Waals surface area contributed by atoms with Crippen LogP contribution in [0.2, 0.25) is 0 Å². The Bertz CT molecular complexity index is 1250. The Hall–Kier alpha value is -3.51. The second kappa shape index (κ2) is 8.45. The quantitative estimate of drug-likeness (QED) is 0.302. The number of aliphatic hydroxyl groups is 3. The summed E-state index contributed by atoms with van der Waals surface area (Å²) in [6, 6.07) is 6.16. The van der Waals surface area contributed by atoms with Gasteiger partial charge < -0.3 is 49.3 Å². The van der Waals surface area contributed by atoms with Crippen LogP contribution in [0.4, 0.5) is 0 Å². The Morgan fingerprint density at radius 1 is 0.939 bits per heavy atom. The van der Waals surface area contributed by atoms with Crippen LogP contribution in [0.5, 0.6) is 28.7 Å². The molecule has 33 heavy (non-hydrogen) atoms. The van der Waals surface area contributed by atoms with Crippen LogP contribution in [-0.4, -0.2) is 68.5 Å². The highest BCUT2D eigenvalue weighted by Crippen LogP contribution is 2.43. The van der Waals surface area contributed by atoms with E-state index in [1.54, 1.807) is 0 Å². The average molecular weight is 462 g/mol. The molecule has 0 bridgehead atoms. The zero-order valence-electron chi connectivity index (χ0n) is 17.5. The van der Waals surface area contributed by atoms with Gasteiger partial charge >= 0.3 is 0 Å². The second-order valence-electron chi connectivity index (χ2n) is 7.61. The molecular formula is C22H22O11. The third kappa shape index (κ3) is 3.91. The molecule has 4 rings (SSSR count). The van der Waals surface area contributed by atoms with Gasteiger partial charge in [-0.05, 0) is 25.1 Å². The third-order valence-electron chi connectivity index (χ3n) is 5.43. The number of fused-ring (bicyclic) bond motifs is 1. The lowest BCUT2D eigenvalue weighted by Gasteiger charge is -2.39. The van der Waals surface area contributed by atoms with Crippen LogP contribution >= 0.6 is 0 Å². The minimum absolute atomic E-state index is 0.0273. The fourth-order valence-electron chi connectivity index (χ4n) is 3.60. The van der Waals surface area contributed by atoms with Crippen LogP contribution in [0, 0.1) is 0 Å². The predicted octanol–water partition coefficient (Wildman–Crippen LogP) is 0.792. The van der Waals surface area contributed by atoms with Gasteiger partial charge in [0.05, 0.1) is 13.2 Å². The SMILES string of the molecule is COc1c(OC2O[C@H](C)[C@@H](O)[C@H](O)[C@@H]2O)cc2oc(-c3ccc(O)c(O)c3)cc(=O)c2c1O. The molecule has 11 nitrogen and oxygen atoms in total. The molecule has 176 valence electrons. The third-order valence-corrected chi connectivity index (χ3v) is 5.43. The first-order chi connectivity index (χ1) is 15.6. The molecule has 0 aliphatic carbocycles. The zero-order valence-corrected chi connectivity index (χ0v) is 17.5. The number of benzene rings is 2. The van der Waals surface area contributed by atoms with Crippen molar-refractivity contribution in [2.75, 3.05) is 7.11 Å². The monoisotopic (exact) mass is 462 g/mol. The first-order valence-electron chi connectivity index (χ1n) is 9.88. The zero-order chi connectivity index (χ0) is 24.0. The fourth-order valence-corrected chi connectivity index (χ4v) is 3.60. The van der Waals surface area contributed by atoms with Gasteiger partial charge in [0.25, 0.3) is 0 Å². The molecule has 6 N–H and O–H groups in total. The van der Waals surface area contributed by atoms with Crippen LogP contribution in [0.15, 0.2) is 39.5 Å². The number of ether oxygens (including phenoxy) is 3. The number of phenolic OH excluding ortho intramolecular Hbond substituents is 3. The number of rotatable bonds is 4. The van der Waals surface area contributed by atoms with Crippen LogP contribution < -0.4 is 14.9 Å². The molecule has 1 aliphatic heterocycles. The van der Waals surface area contributed by atoms with E-state index < -0.39 is 47.6 Å². The maximum Gasteiger partial charge on any atom is 0.229 e. The Morgan fingerprint density at radius 2 is 1.67 bits per heavy atom. The first-order valence-corrected chi connectivity index (χ1v) is 9.88. The molecule has 1 saturated heterocycles. The summed E-state index contributed by atoms with van der Waals surface area (Å²) in [5, 5.41) is 59.8. The molecule has 2 aromatic carbocycles. The van der Waals surface area contributed by atoms with Gasteiger partial charge in [-0.3, -0.25) is 4.79 Å². The summed E-state index contributed by atoms with van der Waals surface area (Å²) in [4.78, 5) is 12.7. The van der Waals surface area contributed by atoms with E-state index in [4.69, 9.17) is 18.6 Å². The van der Waals surface area contributed by atoms with Gasteiger partial charge in [-0.15, -0.1) is 0 Å². The topological polar surface area (TPSA) is 179 Å². The van der Waals surface area contributed by atoms with Crippen molar-refractivity contribution in [3.05, 3.63) is 40.6 Å². The van der Waals surface area contributed by atoms with Crippen LogP contribution in [0.3, 0.4) is 0 Å². The molecule has 1 aliphatic rings. The smallest absolute Gasteiger partial charge is 0.229 e. The van der Waals surface area contributed by atoms with Crippen LogP contribution in [-0.2, 0) is 4.74 Å². The Morgan fingerprint density at radius 3 is 2.33 bits per heavy atom. The van der Waals surface area contributed by atoms with Crippen molar-refractivity contribution < 1.29 is 49.3 Å². The van der Waals surface area contributed by atoms with E-state index in [1.165, 1.54) is 38.3 Å². The lowest BCUT2D eigenvalue weighted by atomic mass is 10.00. The number of aromatic hydroxyl groups is 3. The van der Waals surface area contributed by atoms with Crippen molar-refractivity contribution in [2.24, 2.45) is 0 Å². The highest BCUT2D eigenvalue weighted by atomic mass is 16.7. The van der Waals surface area contributed by atoms with Gasteiger partial charge in [0.1, 0.15) is 35.0 Å². The first kappa shape index (κ1) is 22.7. The maximum absolute atomic E-state index is 12.7. The van der Waals surface area contributed by atoms with Crippen molar-refractivity contribution in [1.82, 2.24) is 0 Å². The largest absolute Gasteiger partial charge is 0.504 e. The van der Waals surface area contributed by atoms with E-state index in [0.717, 1.165) is 6.07 Å². The minimum atomic E-state index is -1.63. The van der Waals surface area contributed by atoms with E-state index in [0.29, 0.717) is 0 Å². The van der Waals surface area contributed by atoms with Gasteiger partial charge in [-0.25, -0.2) is 0 Å². The minimum Gasteiger partial charge on any atom is -0.504 e. The Labute approximate surface area is 186 Å². The maximum atomic E-state index is 12.7. The van der Waals surface area contributed by atoms with E-state index in [1.807, 2.05) is 0 Å². The molecule has 2 heterocycles. The van der Waals surface area contributed by atoms with E-state index in [2.05, 4.69) is 0 Å². The van der Waals surface area contributed by atoms with Crippen molar-refractivity contribution in [3.8, 4) is 40.1 Å². The van der Waals surface area contributed by atoms with Gasteiger partial charge in [-0.1, -0.05) is 0 Å². The van der Waals surface area contributed by atoms with Crippen molar-refractivity contribution in [2.45, 2.75) is 37.6 Å². The molecule has 11 heteroatoms. The summed E-state index contributed by atoms with van der Waals surface area (Å²) in [5.74, 6) is -1.75. The van der Waals surface area contributed by atoms with E-state index in [9.17, 15) is 35.4 Å². The summed E-state index contributed by atoms with van der Waals surface area (Å²) in [6.07, 6.45) is -6.83. The lowest BCUT2D eigenvalue weighted by Crippen LogP contribution is -2.58. The lowest BCUT2D eigenvalue weighted by molar-refractivity contribution is -0.268. The molecule has 3 aromatic rings. The molecular weight excluding hydrogens is 440 g/mol. The van der Waals surface area contributed by atoms with E-state index in [-0.39, 0.29) is 39.5 Å². The molecule has 1 aromatic heterocycles. The van der Waals surface area contributed by atoms with Gasteiger partial charge in [0.15, 0.2) is 28.4 Å². The number of aliphatic hydroxyl groups excluding tert-OH is 3. The number of phenols is 3. The highest BCUT2D eigenvalue weighted by Gasteiger charge is 2.43. The Balaban J connectivity index is 1.81. The van der Waals surface area contributed by atoms with Gasteiger partial charge in [-0.2, -0.15) is 0 Å². The van der Waals surface area contributed by atoms with Gasteiger partial charge in [0, 0.05) is 17.7 Å². The van der Waals surface area contributed by atoms with Crippen molar-refractivity contribution >= 4 is 11.0 Å². The fraction of sp³-hybridized carbons (Fsp3) is 0.318. The molecule has 0 saturated carbocycles. The number of hydrogen-bond donors (Lipinski definition) is 6. The molecule has 0 amide bonds. The predicted molar refractivity (Wildman–Crippen MR) is 112 cm³/mol. The Kier molecular flexibility index (Phi) is 5.80. The molecule has 1 fully saturated rings. The summed E-state index contributed by atoms with van der Waals surface area (Å²) >= 11 is 0. The number of hydrogen-bond acceptors (Lipinski definition) is 11. The molecule has 0 radical (unpaired) electrons. The highest BCUT2D eigenvalue weighted by molar-refractivity contribution is 5.89. The van der Waals surface area contributed by atoms with Crippen molar-refractivity contribution in [1.29, 1.82) is 0 Å². The number of methoxy groups -OCH3 is 1. The summed E-state index contributed by atoms with van der Waals surface area (Å²) in [6.45, 7) is 1.48. The van der Waals surface area contributed by atoms with Crippen LogP contribution in [0.1, 0.15) is 6.92 Å². The van der Waals surface area contributed by atoms with Crippen LogP contribution in [0.25, 0.3) is 22.3 Å². The summed E-state index contributed by atoms with van der Waals surface area (Å²) in [7, 11) is 1.22. The molecule has 1 unspecified atom stereocenters. The molecule has 0 spiro atoms. The van der Waals surface area contributed by atoms with Crippen molar-refractivity contribution in [3.63, 3.8) is 0 Å². The standard InChI is InChI=1S/C22H22O11/c1-8-17(26)19(28)20(29)22(31-8)33-15-7-14-16(18(27)21(15)30-2)12(25)6-13(32-14)9-3-4-10(23)11(24)5-9/h3-8,17,19-20,22-24,26-29H,1-2H3/t8-,17-,19+,20+,22?/m1/s1. The average Bonchev–Trinajstić information content (AvgIpc) is 2.77. The van der Waals surface area contributed by atoms with E-state index >= 15 is 0 Å². The van der Waals surface area contributed by atoms with Gasteiger partial charge in [0.2, 0.25) is 12.0 Å². The summed E-state index contributed by atoms with van der Waals surface area (Å²) < 4.78 is 21.9. The normalized spacial score (nSPS) is 25.2. The molecule has 5 atom stereocenters.